The van der Waals surface area contributed by atoms with E-state index in [4.69, 9.17) is 18.7 Å². The van der Waals surface area contributed by atoms with Gasteiger partial charge in [-0.05, 0) is 85.8 Å². The van der Waals surface area contributed by atoms with Crippen molar-refractivity contribution in [3.8, 4) is 0 Å². The number of piperidine rings is 1. The third-order valence-corrected chi connectivity index (χ3v) is 18.9. The molecular weight excluding hydrogens is 583 g/mol. The molecule has 0 spiro atoms. The smallest absolute Gasteiger partial charge is 0.410 e. The van der Waals surface area contributed by atoms with Crippen LogP contribution in [0.1, 0.15) is 86.1 Å². The number of carbonyl (C=O) groups excluding carboxylic acids is 1. The highest BCUT2D eigenvalue weighted by Gasteiger charge is 2.42. The number of ether oxygens (including phenoxy) is 1. The molecule has 0 saturated carbocycles. The van der Waals surface area contributed by atoms with Gasteiger partial charge in [-0.25, -0.2) is 4.79 Å². The molecule has 7 nitrogen and oxygen atoms in total. The molecule has 1 aromatic carbocycles. The Kier molecular flexibility index (Phi) is 14.2. The minimum atomic E-state index is -2.00. The molecule has 0 aromatic heterocycles. The fourth-order valence-electron chi connectivity index (χ4n) is 5.08. The minimum absolute atomic E-state index is 0.0135. The topological polar surface area (TPSA) is 63.6 Å². The number of nitrogens with zero attached hydrogens (tertiary/aromatic N) is 3. The van der Waals surface area contributed by atoms with Crippen LogP contribution in [-0.4, -0.2) is 78.2 Å². The zero-order valence-electron chi connectivity index (χ0n) is 30.5. The molecule has 1 aliphatic rings. The van der Waals surface area contributed by atoms with Gasteiger partial charge < -0.3 is 23.5 Å². The Balaban J connectivity index is 2.08. The second kappa shape index (κ2) is 16.2. The van der Waals surface area contributed by atoms with Gasteiger partial charge in [0, 0.05) is 39.5 Å². The van der Waals surface area contributed by atoms with Gasteiger partial charge in [0.15, 0.2) is 16.6 Å². The Hall–Kier alpha value is -1.69. The molecule has 1 saturated heterocycles. The van der Waals surface area contributed by atoms with Crippen LogP contribution < -0.4 is 0 Å². The molecule has 0 unspecified atom stereocenters. The van der Waals surface area contributed by atoms with E-state index in [-0.39, 0.29) is 28.9 Å². The van der Waals surface area contributed by atoms with Crippen LogP contribution in [0.5, 0.6) is 0 Å². The van der Waals surface area contributed by atoms with Crippen molar-refractivity contribution in [1.82, 2.24) is 9.91 Å². The third-order valence-electron chi connectivity index (χ3n) is 9.88. The van der Waals surface area contributed by atoms with E-state index in [2.05, 4.69) is 74.7 Å². The lowest BCUT2D eigenvalue weighted by Gasteiger charge is -2.44. The van der Waals surface area contributed by atoms with E-state index in [1.54, 1.807) is 0 Å². The molecule has 252 valence electrons. The molecular formula is C35H65N3O4Si2. The maximum atomic E-state index is 13.3. The van der Waals surface area contributed by atoms with E-state index in [9.17, 15) is 4.79 Å². The quantitative estimate of drug-likeness (QED) is 0.114. The largest absolute Gasteiger partial charge is 0.445 e. The second-order valence-electron chi connectivity index (χ2n) is 16.3. The van der Waals surface area contributed by atoms with E-state index in [0.29, 0.717) is 24.9 Å². The van der Waals surface area contributed by atoms with Crippen molar-refractivity contribution < 1.29 is 18.4 Å². The summed E-state index contributed by atoms with van der Waals surface area (Å²) in [5.74, 6) is 0.816. The number of rotatable bonds is 14. The summed E-state index contributed by atoms with van der Waals surface area (Å²) < 4.78 is 19.1. The van der Waals surface area contributed by atoms with Gasteiger partial charge in [-0.15, -0.1) is 0 Å². The van der Waals surface area contributed by atoms with Crippen LogP contribution in [-0.2, 0) is 20.2 Å². The summed E-state index contributed by atoms with van der Waals surface area (Å²) in [4.78, 5) is 15.2. The molecule has 3 atom stereocenters. The number of likely N-dealkylation sites (tertiary alicyclic amines) is 1. The molecule has 1 heterocycles. The van der Waals surface area contributed by atoms with Crippen molar-refractivity contribution in [2.75, 3.05) is 33.8 Å². The lowest BCUT2D eigenvalue weighted by Crippen LogP contribution is -2.52. The van der Waals surface area contributed by atoms with Crippen molar-refractivity contribution in [2.45, 2.75) is 130 Å². The summed E-state index contributed by atoms with van der Waals surface area (Å²) >= 11 is 0. The van der Waals surface area contributed by atoms with Crippen LogP contribution in [0.25, 0.3) is 0 Å². The Morgan fingerprint density at radius 3 is 2.18 bits per heavy atom. The number of benzene rings is 1. The Morgan fingerprint density at radius 1 is 1.00 bits per heavy atom. The Bertz CT molecular complexity index is 1050. The average molecular weight is 648 g/mol. The highest BCUT2D eigenvalue weighted by atomic mass is 28.4. The monoisotopic (exact) mass is 647 g/mol. The third kappa shape index (κ3) is 12.6. The average Bonchev–Trinajstić information content (AvgIpc) is 2.89. The lowest BCUT2D eigenvalue weighted by molar-refractivity contribution is 0.0291. The van der Waals surface area contributed by atoms with Crippen LogP contribution in [0.4, 0.5) is 4.79 Å². The first kappa shape index (κ1) is 38.5. The van der Waals surface area contributed by atoms with E-state index < -0.39 is 16.6 Å². The van der Waals surface area contributed by atoms with Gasteiger partial charge in [0.05, 0.1) is 6.10 Å². The number of hydrogen-bond donors (Lipinski definition) is 0. The van der Waals surface area contributed by atoms with Crippen LogP contribution in [0, 0.1) is 11.8 Å². The van der Waals surface area contributed by atoms with E-state index in [1.165, 1.54) is 5.71 Å². The molecule has 44 heavy (non-hydrogen) atoms. The van der Waals surface area contributed by atoms with E-state index >= 15 is 0 Å². The molecule has 1 aliphatic heterocycles. The summed E-state index contributed by atoms with van der Waals surface area (Å²) in [5, 5.41) is 7.17. The molecule has 1 amide bonds. The lowest BCUT2D eigenvalue weighted by atomic mass is 9.89. The predicted molar refractivity (Wildman–Crippen MR) is 190 cm³/mol. The fourth-order valence-corrected chi connectivity index (χ4v) is 7.50. The Morgan fingerprint density at radius 2 is 1.61 bits per heavy atom. The van der Waals surface area contributed by atoms with Crippen LogP contribution >= 0.6 is 0 Å². The molecule has 1 aromatic rings. The zero-order chi connectivity index (χ0) is 33.3. The summed E-state index contributed by atoms with van der Waals surface area (Å²) in [7, 11) is 0.254. The van der Waals surface area contributed by atoms with Gasteiger partial charge in [-0.2, -0.15) is 5.10 Å². The van der Waals surface area contributed by atoms with Gasteiger partial charge in [0.25, 0.3) is 0 Å². The summed E-state index contributed by atoms with van der Waals surface area (Å²) in [5.41, 5.74) is 2.22. The number of hydrogen-bond acceptors (Lipinski definition) is 6. The SMILES string of the molecule is C[C@H](CCO[Si](C)(C)C(C)(C)C)C/C(CC[C@H]1C[C@H](O[Si](C)(C)C(C)(C)C)CN(C(=O)OCc2ccccc2)C1)=N/N(C)C. The normalized spacial score (nSPS) is 19.6. The predicted octanol–water partition coefficient (Wildman–Crippen LogP) is 9.17. The van der Waals surface area contributed by atoms with Crippen LogP contribution in [0.2, 0.25) is 36.3 Å². The highest BCUT2D eigenvalue weighted by molar-refractivity contribution is 6.74. The Labute approximate surface area is 272 Å². The van der Waals surface area contributed by atoms with E-state index in [1.807, 2.05) is 54.3 Å². The number of amides is 1. The van der Waals surface area contributed by atoms with Crippen LogP contribution in [0.3, 0.4) is 0 Å². The second-order valence-corrected chi connectivity index (χ2v) is 25.9. The molecule has 0 radical (unpaired) electrons. The first-order chi connectivity index (χ1) is 20.2. The van der Waals surface area contributed by atoms with Gasteiger partial charge in [-0.1, -0.05) is 78.8 Å². The first-order valence-corrected chi connectivity index (χ1v) is 22.5. The number of carbonyl (C=O) groups is 1. The van der Waals surface area contributed by atoms with E-state index in [0.717, 1.165) is 44.3 Å². The maximum absolute atomic E-state index is 13.3. The number of hydrazone groups is 1. The molecule has 2 rings (SSSR count). The highest BCUT2D eigenvalue weighted by Crippen LogP contribution is 2.39. The molecule has 1 fully saturated rings. The molecule has 0 N–H and O–H groups in total. The first-order valence-electron chi connectivity index (χ1n) is 16.7. The molecule has 0 bridgehead atoms. The van der Waals surface area contributed by atoms with Gasteiger partial charge in [0.1, 0.15) is 6.61 Å². The van der Waals surface area contributed by atoms with Crippen molar-refractivity contribution in [3.63, 3.8) is 0 Å². The molecule has 0 aliphatic carbocycles. The minimum Gasteiger partial charge on any atom is -0.445 e. The summed E-state index contributed by atoms with van der Waals surface area (Å²) in [6.45, 7) is 27.6. The van der Waals surface area contributed by atoms with Gasteiger partial charge in [0.2, 0.25) is 0 Å². The standard InChI is InChI=1S/C35H65N3O4Si2/c1-28(21-22-41-43(10,11)34(2,3)4)23-31(36-37(8)9)20-19-30-24-32(42-44(12,13)35(5,6)7)26-38(25-30)33(39)40-27-29-17-15-14-16-18-29/h14-18,28,30,32H,19-27H2,1-13H3/b36-31+/t28-,30+,32+/m1/s1. The molecule has 9 heteroatoms. The van der Waals surface area contributed by atoms with Crippen molar-refractivity contribution in [1.29, 1.82) is 0 Å². The van der Waals surface area contributed by atoms with Gasteiger partial charge in [-0.3, -0.25) is 0 Å². The maximum Gasteiger partial charge on any atom is 0.410 e. The van der Waals surface area contributed by atoms with Crippen molar-refractivity contribution in [3.05, 3.63) is 35.9 Å². The summed E-state index contributed by atoms with van der Waals surface area (Å²) in [6.07, 6.45) is 4.60. The summed E-state index contributed by atoms with van der Waals surface area (Å²) in [6, 6.07) is 9.89. The zero-order valence-corrected chi connectivity index (χ0v) is 32.5. The fraction of sp³-hybridized carbons (Fsp3) is 0.771. The van der Waals surface area contributed by atoms with Crippen molar-refractivity contribution in [2.24, 2.45) is 16.9 Å². The van der Waals surface area contributed by atoms with Crippen molar-refractivity contribution >= 4 is 28.4 Å². The van der Waals surface area contributed by atoms with Crippen LogP contribution in [0.15, 0.2) is 35.4 Å². The van der Waals surface area contributed by atoms with Gasteiger partial charge >= 0.3 is 6.09 Å².